The number of aliphatic carboxylic acids is 1. The number of hydrogen-bond donors (Lipinski definition) is 2. The molecule has 0 fully saturated rings. The highest BCUT2D eigenvalue weighted by atomic mass is 32.2. The predicted molar refractivity (Wildman–Crippen MR) is 74.2 cm³/mol. The molecule has 0 spiro atoms. The maximum Gasteiger partial charge on any atom is 0.303 e. The van der Waals surface area contributed by atoms with Crippen LogP contribution in [0.15, 0.2) is 29.2 Å². The molecule has 0 heterocycles. The first kappa shape index (κ1) is 16.5. The lowest BCUT2D eigenvalue weighted by Crippen LogP contribution is -2.29. The van der Waals surface area contributed by atoms with Crippen LogP contribution in [0.5, 0.6) is 5.75 Å². The maximum absolute atomic E-state index is 12.0. The lowest BCUT2D eigenvalue weighted by molar-refractivity contribution is -0.137. The maximum atomic E-state index is 12.0. The zero-order valence-electron chi connectivity index (χ0n) is 11.5. The van der Waals surface area contributed by atoms with Crippen LogP contribution in [0.4, 0.5) is 0 Å². The van der Waals surface area contributed by atoms with E-state index in [0.29, 0.717) is 12.4 Å². The smallest absolute Gasteiger partial charge is 0.303 e. The van der Waals surface area contributed by atoms with Gasteiger partial charge in [0.05, 0.1) is 11.5 Å². The van der Waals surface area contributed by atoms with E-state index in [1.165, 1.54) is 12.1 Å². The Labute approximate surface area is 118 Å². The molecule has 1 rings (SSSR count). The van der Waals surface area contributed by atoms with Crippen molar-refractivity contribution in [3.8, 4) is 5.75 Å². The first-order valence-electron chi connectivity index (χ1n) is 6.29. The standard InChI is InChI=1S/C13H19NO5S/c1-3-19-11-4-6-12(7-5-11)20(17,18)14-9-10(2)8-13(15)16/h4-7,10,14H,3,8-9H2,1-2H3,(H,15,16). The topological polar surface area (TPSA) is 92.7 Å². The molecule has 0 aromatic heterocycles. The second-order valence-corrected chi connectivity index (χ2v) is 6.23. The quantitative estimate of drug-likeness (QED) is 0.758. The molecule has 0 aliphatic rings. The lowest BCUT2D eigenvalue weighted by atomic mass is 10.1. The Morgan fingerprint density at radius 1 is 1.35 bits per heavy atom. The molecule has 2 N–H and O–H groups in total. The van der Waals surface area contributed by atoms with Crippen molar-refractivity contribution >= 4 is 16.0 Å². The van der Waals surface area contributed by atoms with E-state index in [1.54, 1.807) is 19.1 Å². The molecule has 0 radical (unpaired) electrons. The molecule has 6 nitrogen and oxygen atoms in total. The van der Waals surface area contributed by atoms with Crippen molar-refractivity contribution in [1.82, 2.24) is 4.72 Å². The fourth-order valence-corrected chi connectivity index (χ4v) is 2.75. The number of nitrogens with one attached hydrogen (secondary N) is 1. The van der Waals surface area contributed by atoms with Crippen LogP contribution in [-0.4, -0.2) is 32.6 Å². The van der Waals surface area contributed by atoms with Gasteiger partial charge in [-0.3, -0.25) is 4.79 Å². The van der Waals surface area contributed by atoms with Gasteiger partial charge in [0.25, 0.3) is 0 Å². The van der Waals surface area contributed by atoms with Crippen LogP contribution >= 0.6 is 0 Å². The van der Waals surface area contributed by atoms with Crippen molar-refractivity contribution in [3.63, 3.8) is 0 Å². The first-order chi connectivity index (χ1) is 9.35. The predicted octanol–water partition coefficient (Wildman–Crippen LogP) is 1.47. The molecule has 1 aromatic carbocycles. The SMILES string of the molecule is CCOc1ccc(S(=O)(=O)NCC(C)CC(=O)O)cc1. The third-order valence-corrected chi connectivity index (χ3v) is 4.03. The van der Waals surface area contributed by atoms with Crippen molar-refractivity contribution < 1.29 is 23.1 Å². The van der Waals surface area contributed by atoms with Crippen molar-refractivity contribution in [2.45, 2.75) is 25.2 Å². The Morgan fingerprint density at radius 2 is 1.95 bits per heavy atom. The van der Waals surface area contributed by atoms with Gasteiger partial charge in [-0.05, 0) is 37.1 Å². The van der Waals surface area contributed by atoms with Gasteiger partial charge in [0.2, 0.25) is 10.0 Å². The highest BCUT2D eigenvalue weighted by molar-refractivity contribution is 7.89. The number of carboxylic acids is 1. The molecule has 20 heavy (non-hydrogen) atoms. The summed E-state index contributed by atoms with van der Waals surface area (Å²) in [5, 5.41) is 8.62. The van der Waals surface area contributed by atoms with Crippen LogP contribution in [0.2, 0.25) is 0 Å². The van der Waals surface area contributed by atoms with Gasteiger partial charge in [0.1, 0.15) is 5.75 Å². The van der Waals surface area contributed by atoms with Gasteiger partial charge < -0.3 is 9.84 Å². The molecule has 1 unspecified atom stereocenters. The van der Waals surface area contributed by atoms with Gasteiger partial charge in [-0.25, -0.2) is 13.1 Å². The summed E-state index contributed by atoms with van der Waals surface area (Å²) in [5.74, 6) is -0.617. The normalized spacial score (nSPS) is 12.9. The molecule has 0 saturated heterocycles. The minimum atomic E-state index is -3.62. The lowest BCUT2D eigenvalue weighted by Gasteiger charge is -2.11. The molecule has 0 saturated carbocycles. The van der Waals surface area contributed by atoms with Gasteiger partial charge in [0.15, 0.2) is 0 Å². The van der Waals surface area contributed by atoms with E-state index in [9.17, 15) is 13.2 Å². The van der Waals surface area contributed by atoms with Gasteiger partial charge in [-0.2, -0.15) is 0 Å². The third-order valence-electron chi connectivity index (χ3n) is 2.59. The van der Waals surface area contributed by atoms with Crippen molar-refractivity contribution in [2.24, 2.45) is 5.92 Å². The number of carbonyl (C=O) groups is 1. The highest BCUT2D eigenvalue weighted by Crippen LogP contribution is 2.16. The minimum absolute atomic E-state index is 0.0776. The van der Waals surface area contributed by atoms with E-state index >= 15 is 0 Å². The average molecular weight is 301 g/mol. The number of rotatable bonds is 8. The summed E-state index contributed by atoms with van der Waals surface area (Å²) in [6, 6.07) is 6.07. The Hall–Kier alpha value is -1.60. The molecule has 0 bridgehead atoms. The fourth-order valence-electron chi connectivity index (χ4n) is 1.59. The Balaban J connectivity index is 2.66. The summed E-state index contributed by atoms with van der Waals surface area (Å²) >= 11 is 0. The van der Waals surface area contributed by atoms with E-state index < -0.39 is 16.0 Å². The summed E-state index contributed by atoms with van der Waals surface area (Å²) in [5.41, 5.74) is 0. The Kier molecular flexibility index (Phi) is 5.97. The number of ether oxygens (including phenoxy) is 1. The Morgan fingerprint density at radius 3 is 2.45 bits per heavy atom. The zero-order chi connectivity index (χ0) is 15.2. The van der Waals surface area contributed by atoms with E-state index in [1.807, 2.05) is 6.92 Å². The van der Waals surface area contributed by atoms with Crippen LogP contribution in [-0.2, 0) is 14.8 Å². The first-order valence-corrected chi connectivity index (χ1v) is 7.77. The van der Waals surface area contributed by atoms with E-state index in [-0.39, 0.29) is 23.8 Å². The molecular formula is C13H19NO5S. The second-order valence-electron chi connectivity index (χ2n) is 4.46. The summed E-state index contributed by atoms with van der Waals surface area (Å²) in [6.07, 6.45) is -0.0776. The molecule has 0 aliphatic carbocycles. The van der Waals surface area contributed by atoms with Crippen LogP contribution in [0.3, 0.4) is 0 Å². The van der Waals surface area contributed by atoms with Crippen LogP contribution < -0.4 is 9.46 Å². The number of benzene rings is 1. The highest BCUT2D eigenvalue weighted by Gasteiger charge is 2.16. The van der Waals surface area contributed by atoms with Crippen LogP contribution in [0.25, 0.3) is 0 Å². The number of sulfonamides is 1. The van der Waals surface area contributed by atoms with Crippen LogP contribution in [0.1, 0.15) is 20.3 Å². The van der Waals surface area contributed by atoms with E-state index in [0.717, 1.165) is 0 Å². The molecule has 1 aromatic rings. The molecule has 0 amide bonds. The van der Waals surface area contributed by atoms with Crippen LogP contribution in [0, 0.1) is 5.92 Å². The summed E-state index contributed by atoms with van der Waals surface area (Å²) < 4.78 is 31.6. The monoisotopic (exact) mass is 301 g/mol. The molecular weight excluding hydrogens is 282 g/mol. The van der Waals surface area contributed by atoms with Crippen molar-refractivity contribution in [1.29, 1.82) is 0 Å². The molecule has 1 atom stereocenters. The minimum Gasteiger partial charge on any atom is -0.494 e. The molecule has 112 valence electrons. The number of carboxylic acid groups (broad SMARTS) is 1. The average Bonchev–Trinajstić information content (AvgIpc) is 2.37. The van der Waals surface area contributed by atoms with Crippen molar-refractivity contribution in [2.75, 3.05) is 13.2 Å². The summed E-state index contributed by atoms with van der Waals surface area (Å²) in [4.78, 5) is 10.6. The van der Waals surface area contributed by atoms with Gasteiger partial charge >= 0.3 is 5.97 Å². The fraction of sp³-hybridized carbons (Fsp3) is 0.462. The molecule has 0 aliphatic heterocycles. The number of hydrogen-bond acceptors (Lipinski definition) is 4. The summed E-state index contributed by atoms with van der Waals surface area (Å²) in [7, 11) is -3.62. The zero-order valence-corrected chi connectivity index (χ0v) is 12.3. The largest absolute Gasteiger partial charge is 0.494 e. The van der Waals surface area contributed by atoms with Crippen molar-refractivity contribution in [3.05, 3.63) is 24.3 Å². The Bertz CT molecular complexity index is 538. The van der Waals surface area contributed by atoms with Gasteiger partial charge in [-0.1, -0.05) is 6.92 Å². The summed E-state index contributed by atoms with van der Waals surface area (Å²) in [6.45, 7) is 4.11. The van der Waals surface area contributed by atoms with E-state index in [2.05, 4.69) is 4.72 Å². The third kappa shape index (κ3) is 5.18. The van der Waals surface area contributed by atoms with Gasteiger partial charge in [-0.15, -0.1) is 0 Å². The van der Waals surface area contributed by atoms with E-state index in [4.69, 9.17) is 9.84 Å². The molecule has 7 heteroatoms. The second kappa shape index (κ2) is 7.25. The van der Waals surface area contributed by atoms with Gasteiger partial charge in [0, 0.05) is 13.0 Å².